The Morgan fingerprint density at radius 1 is 1.22 bits per heavy atom. The Hall–Kier alpha value is -3.63. The van der Waals surface area contributed by atoms with Crippen molar-refractivity contribution < 1.29 is 9.59 Å². The molecule has 0 unspecified atom stereocenters. The number of nitrogens with zero attached hydrogens (tertiary/aromatic N) is 2. The Morgan fingerprint density at radius 2 is 1.97 bits per heavy atom. The minimum atomic E-state index is -0.926. The van der Waals surface area contributed by atoms with E-state index in [9.17, 15) is 9.59 Å². The molecule has 0 saturated carbocycles. The van der Waals surface area contributed by atoms with Crippen molar-refractivity contribution in [2.24, 2.45) is 0 Å². The van der Waals surface area contributed by atoms with Gasteiger partial charge in [-0.15, -0.1) is 17.8 Å². The van der Waals surface area contributed by atoms with Crippen molar-refractivity contribution in [2.75, 3.05) is 18.4 Å². The molecule has 2 amide bonds. The average Bonchev–Trinajstić information content (AvgIpc) is 3.26. The standard InChI is InChI=1S/C29H32N4O2S/c1-8-20-12-10-19(17-31-20)22-15-21(11-9-18(22)2)32-25-23(16-24(36-25)28(3,4)5)26(34)33-14-13-30-27(35)29(33,6)7/h1,9-12,15-17,32H,13-14H2,2-7H3,(H,30,35). The highest BCUT2D eigenvalue weighted by molar-refractivity contribution is 7.16. The molecule has 0 bridgehead atoms. The number of benzene rings is 1. The monoisotopic (exact) mass is 500 g/mol. The number of hydrogen-bond donors (Lipinski definition) is 2. The Labute approximate surface area is 217 Å². The van der Waals surface area contributed by atoms with Gasteiger partial charge in [0.05, 0.1) is 5.56 Å². The zero-order chi connectivity index (χ0) is 26.3. The molecule has 36 heavy (non-hydrogen) atoms. The molecule has 1 aliphatic heterocycles. The molecule has 2 N–H and O–H groups in total. The van der Waals surface area contributed by atoms with Gasteiger partial charge in [-0.1, -0.05) is 38.8 Å². The van der Waals surface area contributed by atoms with Crippen LogP contribution < -0.4 is 10.6 Å². The maximum absolute atomic E-state index is 13.8. The molecule has 1 aromatic carbocycles. The molecule has 186 valence electrons. The summed E-state index contributed by atoms with van der Waals surface area (Å²) in [5.41, 5.74) is 4.09. The molecule has 3 heterocycles. The van der Waals surface area contributed by atoms with Crippen LogP contribution in [0.5, 0.6) is 0 Å². The molecule has 1 fully saturated rings. The molecule has 4 rings (SSSR count). The van der Waals surface area contributed by atoms with E-state index in [2.05, 4.69) is 55.3 Å². The van der Waals surface area contributed by atoms with E-state index in [0.717, 1.165) is 32.3 Å². The van der Waals surface area contributed by atoms with Gasteiger partial charge in [-0.3, -0.25) is 9.59 Å². The van der Waals surface area contributed by atoms with Gasteiger partial charge in [0.2, 0.25) is 5.91 Å². The van der Waals surface area contributed by atoms with E-state index in [0.29, 0.717) is 24.3 Å². The number of aryl methyl sites for hydroxylation is 1. The van der Waals surface area contributed by atoms with Crippen LogP contribution in [0.25, 0.3) is 11.1 Å². The largest absolute Gasteiger partial charge is 0.352 e. The van der Waals surface area contributed by atoms with Crippen molar-refractivity contribution >= 4 is 33.8 Å². The first-order chi connectivity index (χ1) is 16.9. The van der Waals surface area contributed by atoms with Gasteiger partial charge in [0, 0.05) is 35.4 Å². The van der Waals surface area contributed by atoms with Crippen molar-refractivity contribution in [2.45, 2.75) is 52.5 Å². The summed E-state index contributed by atoms with van der Waals surface area (Å²) in [4.78, 5) is 33.4. The van der Waals surface area contributed by atoms with Gasteiger partial charge in [-0.2, -0.15) is 0 Å². The third-order valence-electron chi connectivity index (χ3n) is 6.52. The number of carbonyl (C=O) groups excluding carboxylic acids is 2. The molecular weight excluding hydrogens is 468 g/mol. The number of pyridine rings is 1. The van der Waals surface area contributed by atoms with E-state index in [1.807, 2.05) is 30.3 Å². The minimum Gasteiger partial charge on any atom is -0.352 e. The number of terminal acetylenes is 1. The summed E-state index contributed by atoms with van der Waals surface area (Å²) in [5.74, 6) is 2.26. The van der Waals surface area contributed by atoms with Crippen molar-refractivity contribution in [3.05, 3.63) is 64.3 Å². The Bertz CT molecular complexity index is 1360. The highest BCUT2D eigenvalue weighted by atomic mass is 32.1. The summed E-state index contributed by atoms with van der Waals surface area (Å²) in [5, 5.41) is 7.13. The SMILES string of the molecule is C#Cc1ccc(-c2cc(Nc3sc(C(C)(C)C)cc3C(=O)N3CCNC(=O)C3(C)C)ccc2C)cn1. The van der Waals surface area contributed by atoms with Crippen LogP contribution in [-0.2, 0) is 10.2 Å². The molecule has 6 nitrogen and oxygen atoms in total. The maximum Gasteiger partial charge on any atom is 0.257 e. The van der Waals surface area contributed by atoms with Gasteiger partial charge in [-0.05, 0) is 61.6 Å². The summed E-state index contributed by atoms with van der Waals surface area (Å²) < 4.78 is 0. The number of anilines is 2. The number of rotatable bonds is 4. The van der Waals surface area contributed by atoms with Crippen LogP contribution in [-0.4, -0.2) is 40.3 Å². The van der Waals surface area contributed by atoms with Gasteiger partial charge in [-0.25, -0.2) is 4.98 Å². The molecular formula is C29H32N4O2S. The van der Waals surface area contributed by atoms with E-state index < -0.39 is 5.54 Å². The fraction of sp³-hybridized carbons (Fsp3) is 0.345. The quantitative estimate of drug-likeness (QED) is 0.465. The van der Waals surface area contributed by atoms with Gasteiger partial charge in [0.15, 0.2) is 0 Å². The molecule has 0 radical (unpaired) electrons. The number of carbonyl (C=O) groups is 2. The first kappa shape index (κ1) is 25.5. The molecule has 0 aliphatic carbocycles. The molecule has 7 heteroatoms. The zero-order valence-electron chi connectivity index (χ0n) is 21.7. The zero-order valence-corrected chi connectivity index (χ0v) is 22.5. The van der Waals surface area contributed by atoms with E-state index in [1.54, 1.807) is 36.3 Å². The molecule has 0 spiro atoms. The molecule has 1 aliphatic rings. The van der Waals surface area contributed by atoms with Crippen LogP contribution in [0.1, 0.15) is 61.1 Å². The van der Waals surface area contributed by atoms with Crippen LogP contribution in [0, 0.1) is 19.3 Å². The summed E-state index contributed by atoms with van der Waals surface area (Å²) in [6.45, 7) is 12.9. The lowest BCUT2D eigenvalue weighted by Gasteiger charge is -2.41. The minimum absolute atomic E-state index is 0.128. The highest BCUT2D eigenvalue weighted by Crippen LogP contribution is 2.39. The Balaban J connectivity index is 1.73. The van der Waals surface area contributed by atoms with Gasteiger partial charge in [0.25, 0.3) is 5.91 Å². The topological polar surface area (TPSA) is 74.3 Å². The number of piperazine rings is 1. The third-order valence-corrected chi connectivity index (χ3v) is 7.99. The summed E-state index contributed by atoms with van der Waals surface area (Å²) in [6.07, 6.45) is 7.23. The van der Waals surface area contributed by atoms with Gasteiger partial charge >= 0.3 is 0 Å². The summed E-state index contributed by atoms with van der Waals surface area (Å²) in [7, 11) is 0. The molecule has 0 atom stereocenters. The van der Waals surface area contributed by atoms with Crippen LogP contribution in [0.2, 0.25) is 0 Å². The lowest BCUT2D eigenvalue weighted by Crippen LogP contribution is -2.63. The number of amides is 2. The normalized spacial score (nSPS) is 15.2. The van der Waals surface area contributed by atoms with E-state index in [4.69, 9.17) is 6.42 Å². The van der Waals surface area contributed by atoms with Crippen LogP contribution in [0.4, 0.5) is 10.7 Å². The highest BCUT2D eigenvalue weighted by Gasteiger charge is 2.41. The lowest BCUT2D eigenvalue weighted by molar-refractivity contribution is -0.133. The second-order valence-electron chi connectivity index (χ2n) is 10.6. The number of aromatic nitrogens is 1. The summed E-state index contributed by atoms with van der Waals surface area (Å²) in [6, 6.07) is 11.9. The molecule has 1 saturated heterocycles. The van der Waals surface area contributed by atoms with Crippen molar-refractivity contribution in [1.82, 2.24) is 15.2 Å². The summed E-state index contributed by atoms with van der Waals surface area (Å²) >= 11 is 1.57. The predicted octanol–water partition coefficient (Wildman–Crippen LogP) is 5.49. The molecule has 3 aromatic rings. The first-order valence-corrected chi connectivity index (χ1v) is 12.8. The van der Waals surface area contributed by atoms with Crippen molar-refractivity contribution in [1.29, 1.82) is 0 Å². The fourth-order valence-corrected chi connectivity index (χ4v) is 5.32. The van der Waals surface area contributed by atoms with Crippen molar-refractivity contribution in [3.8, 4) is 23.5 Å². The van der Waals surface area contributed by atoms with E-state index >= 15 is 0 Å². The van der Waals surface area contributed by atoms with E-state index in [-0.39, 0.29) is 17.2 Å². The van der Waals surface area contributed by atoms with Crippen LogP contribution >= 0.6 is 11.3 Å². The number of hydrogen-bond acceptors (Lipinski definition) is 5. The predicted molar refractivity (Wildman–Crippen MR) is 147 cm³/mol. The lowest BCUT2D eigenvalue weighted by atomic mass is 9.93. The third kappa shape index (κ3) is 4.87. The second-order valence-corrected chi connectivity index (χ2v) is 11.7. The smallest absolute Gasteiger partial charge is 0.257 e. The Morgan fingerprint density at radius 3 is 2.61 bits per heavy atom. The maximum atomic E-state index is 13.8. The van der Waals surface area contributed by atoms with Gasteiger partial charge in [0.1, 0.15) is 16.2 Å². The number of thiophene rings is 1. The first-order valence-electron chi connectivity index (χ1n) is 12.0. The molecule has 2 aromatic heterocycles. The average molecular weight is 501 g/mol. The van der Waals surface area contributed by atoms with Crippen LogP contribution in [0.15, 0.2) is 42.6 Å². The van der Waals surface area contributed by atoms with E-state index in [1.165, 1.54) is 0 Å². The fourth-order valence-electron chi connectivity index (χ4n) is 4.19. The van der Waals surface area contributed by atoms with Gasteiger partial charge < -0.3 is 15.5 Å². The number of nitrogens with one attached hydrogen (secondary N) is 2. The van der Waals surface area contributed by atoms with Crippen LogP contribution in [0.3, 0.4) is 0 Å². The van der Waals surface area contributed by atoms with Crippen molar-refractivity contribution in [3.63, 3.8) is 0 Å². The Kier molecular flexibility index (Phi) is 6.68. The second kappa shape index (κ2) is 9.44.